The van der Waals surface area contributed by atoms with Crippen LogP contribution >= 0.6 is 11.6 Å². The Kier molecular flexibility index (Phi) is 5.15. The van der Waals surface area contributed by atoms with Gasteiger partial charge in [0.25, 0.3) is 0 Å². The second-order valence-corrected chi connectivity index (χ2v) is 7.83. The second kappa shape index (κ2) is 8.13. The molecule has 5 rings (SSSR count). The SMILES string of the molecule is CCOC(=O)c1[nH]c2ccc(O)c(Cc3cc4c(cc3Cl)OCO4)c2c1-c1ccccc1. The number of phenolic OH excluding ortho intramolecular Hbond substituents is 1. The number of carbonyl (C=O) groups excluding carboxylic acids is 1. The number of hydrogen-bond donors (Lipinski definition) is 2. The lowest BCUT2D eigenvalue weighted by Crippen LogP contribution is -2.06. The summed E-state index contributed by atoms with van der Waals surface area (Å²) >= 11 is 6.52. The Bertz CT molecular complexity index is 1330. The summed E-state index contributed by atoms with van der Waals surface area (Å²) in [6.07, 6.45) is 0.332. The molecule has 0 saturated heterocycles. The van der Waals surface area contributed by atoms with E-state index in [4.69, 9.17) is 25.8 Å². The molecule has 0 atom stereocenters. The van der Waals surface area contributed by atoms with E-state index >= 15 is 0 Å². The van der Waals surface area contributed by atoms with Crippen LogP contribution < -0.4 is 9.47 Å². The number of nitrogens with one attached hydrogen (secondary N) is 1. The molecule has 0 amide bonds. The van der Waals surface area contributed by atoms with Gasteiger partial charge < -0.3 is 24.3 Å². The quantitative estimate of drug-likeness (QED) is 0.382. The van der Waals surface area contributed by atoms with E-state index in [0.717, 1.165) is 22.0 Å². The molecular weight excluding hydrogens is 430 g/mol. The first-order valence-corrected chi connectivity index (χ1v) is 10.6. The molecule has 0 fully saturated rings. The van der Waals surface area contributed by atoms with Crippen molar-refractivity contribution in [2.24, 2.45) is 0 Å². The standard InChI is InChI=1S/C25H20ClNO5/c1-2-30-25(29)24-22(14-6-4-3-5-7-14)23-16(19(28)9-8-18(23)27-24)10-15-11-20-21(12-17(15)26)32-13-31-20/h3-9,11-12,27-28H,2,10,13H2,1H3. The molecule has 1 aliphatic rings. The monoisotopic (exact) mass is 449 g/mol. The molecule has 1 aliphatic heterocycles. The Morgan fingerprint density at radius 1 is 1.12 bits per heavy atom. The van der Waals surface area contributed by atoms with Crippen LogP contribution in [0.5, 0.6) is 17.2 Å². The average molecular weight is 450 g/mol. The van der Waals surface area contributed by atoms with E-state index in [0.29, 0.717) is 39.8 Å². The molecule has 2 N–H and O–H groups in total. The highest BCUT2D eigenvalue weighted by Gasteiger charge is 2.25. The van der Waals surface area contributed by atoms with Crippen LogP contribution in [0.15, 0.2) is 54.6 Å². The number of H-pyrrole nitrogens is 1. The lowest BCUT2D eigenvalue weighted by atomic mass is 9.94. The molecule has 0 saturated carbocycles. The van der Waals surface area contributed by atoms with E-state index in [-0.39, 0.29) is 19.1 Å². The third kappa shape index (κ3) is 3.42. The number of esters is 1. The minimum Gasteiger partial charge on any atom is -0.508 e. The number of rotatable bonds is 5. The first kappa shape index (κ1) is 20.3. The first-order valence-electron chi connectivity index (χ1n) is 10.2. The summed E-state index contributed by atoms with van der Waals surface area (Å²) in [5, 5.41) is 12.1. The van der Waals surface area contributed by atoms with Crippen molar-refractivity contribution in [3.8, 4) is 28.4 Å². The van der Waals surface area contributed by atoms with Gasteiger partial charge in [-0.25, -0.2) is 4.79 Å². The third-order valence-electron chi connectivity index (χ3n) is 5.50. The van der Waals surface area contributed by atoms with E-state index in [1.807, 2.05) is 36.4 Å². The van der Waals surface area contributed by atoms with Crippen molar-refractivity contribution in [3.63, 3.8) is 0 Å². The Morgan fingerprint density at radius 3 is 2.62 bits per heavy atom. The third-order valence-corrected chi connectivity index (χ3v) is 5.85. The van der Waals surface area contributed by atoms with E-state index < -0.39 is 5.97 Å². The van der Waals surface area contributed by atoms with E-state index in [1.54, 1.807) is 25.1 Å². The van der Waals surface area contributed by atoms with Gasteiger partial charge in [0, 0.05) is 39.5 Å². The lowest BCUT2D eigenvalue weighted by molar-refractivity contribution is 0.0521. The number of halogens is 1. The summed E-state index contributed by atoms with van der Waals surface area (Å²) < 4.78 is 16.2. The van der Waals surface area contributed by atoms with Gasteiger partial charge in [-0.15, -0.1) is 0 Å². The molecule has 162 valence electrons. The van der Waals surface area contributed by atoms with Crippen molar-refractivity contribution in [3.05, 3.63) is 76.4 Å². The largest absolute Gasteiger partial charge is 0.508 e. The zero-order valence-corrected chi connectivity index (χ0v) is 18.0. The molecule has 0 aliphatic carbocycles. The number of carbonyl (C=O) groups is 1. The van der Waals surface area contributed by atoms with Gasteiger partial charge in [0.1, 0.15) is 11.4 Å². The van der Waals surface area contributed by atoms with Crippen LogP contribution in [0, 0.1) is 0 Å². The topological polar surface area (TPSA) is 80.8 Å². The maximum Gasteiger partial charge on any atom is 0.355 e. The van der Waals surface area contributed by atoms with Crippen molar-refractivity contribution in [2.45, 2.75) is 13.3 Å². The van der Waals surface area contributed by atoms with Crippen molar-refractivity contribution in [1.29, 1.82) is 0 Å². The number of hydrogen-bond acceptors (Lipinski definition) is 5. The van der Waals surface area contributed by atoms with Crippen LogP contribution in [-0.4, -0.2) is 29.5 Å². The van der Waals surface area contributed by atoms with Crippen LogP contribution in [0.25, 0.3) is 22.0 Å². The minimum atomic E-state index is -0.450. The Labute approximate surface area is 189 Å². The Morgan fingerprint density at radius 2 is 1.88 bits per heavy atom. The number of aromatic nitrogens is 1. The summed E-state index contributed by atoms with van der Waals surface area (Å²) in [7, 11) is 0. The fourth-order valence-electron chi connectivity index (χ4n) is 4.06. The van der Waals surface area contributed by atoms with Gasteiger partial charge in [0.05, 0.1) is 6.61 Å². The van der Waals surface area contributed by atoms with Gasteiger partial charge in [-0.05, 0) is 36.2 Å². The Balaban J connectivity index is 1.73. The van der Waals surface area contributed by atoms with Crippen LogP contribution in [-0.2, 0) is 11.2 Å². The zero-order valence-electron chi connectivity index (χ0n) is 17.3. The minimum absolute atomic E-state index is 0.109. The Hall–Kier alpha value is -3.64. The van der Waals surface area contributed by atoms with E-state index in [2.05, 4.69) is 4.98 Å². The predicted molar refractivity (Wildman–Crippen MR) is 122 cm³/mol. The van der Waals surface area contributed by atoms with E-state index in [1.165, 1.54) is 0 Å². The maximum atomic E-state index is 12.8. The molecule has 32 heavy (non-hydrogen) atoms. The van der Waals surface area contributed by atoms with Gasteiger partial charge in [-0.2, -0.15) is 0 Å². The predicted octanol–water partition coefficient (Wildman–Crippen LogP) is 5.69. The molecule has 0 unspecified atom stereocenters. The highest BCUT2D eigenvalue weighted by atomic mass is 35.5. The van der Waals surface area contributed by atoms with Gasteiger partial charge >= 0.3 is 5.97 Å². The molecule has 0 spiro atoms. The molecular formula is C25H20ClNO5. The highest BCUT2D eigenvalue weighted by molar-refractivity contribution is 6.31. The van der Waals surface area contributed by atoms with Gasteiger partial charge in [-0.1, -0.05) is 41.9 Å². The summed E-state index contributed by atoms with van der Waals surface area (Å²) in [4.78, 5) is 16.0. The molecule has 1 aromatic heterocycles. The zero-order chi connectivity index (χ0) is 22.2. The molecule has 4 aromatic rings. The second-order valence-electron chi connectivity index (χ2n) is 7.42. The molecule has 6 nitrogen and oxygen atoms in total. The number of ether oxygens (including phenoxy) is 3. The fourth-order valence-corrected chi connectivity index (χ4v) is 4.28. The van der Waals surface area contributed by atoms with E-state index in [9.17, 15) is 9.90 Å². The van der Waals surface area contributed by atoms with Crippen molar-refractivity contribution in [1.82, 2.24) is 4.98 Å². The van der Waals surface area contributed by atoms with Crippen molar-refractivity contribution >= 4 is 28.5 Å². The average Bonchev–Trinajstić information content (AvgIpc) is 3.41. The smallest absolute Gasteiger partial charge is 0.355 e. The fraction of sp³-hybridized carbons (Fsp3) is 0.160. The molecule has 0 radical (unpaired) electrons. The number of aromatic hydroxyl groups is 1. The number of benzene rings is 3. The van der Waals surface area contributed by atoms with Gasteiger partial charge in [0.15, 0.2) is 11.5 Å². The molecule has 0 bridgehead atoms. The van der Waals surface area contributed by atoms with Crippen molar-refractivity contribution < 1.29 is 24.1 Å². The summed E-state index contributed by atoms with van der Waals surface area (Å²) in [6.45, 7) is 2.17. The normalized spacial score (nSPS) is 12.3. The van der Waals surface area contributed by atoms with Gasteiger partial charge in [-0.3, -0.25) is 0 Å². The molecule has 2 heterocycles. The van der Waals surface area contributed by atoms with Crippen LogP contribution in [0.1, 0.15) is 28.5 Å². The van der Waals surface area contributed by atoms with Crippen LogP contribution in [0.4, 0.5) is 0 Å². The highest BCUT2D eigenvalue weighted by Crippen LogP contribution is 2.42. The number of fused-ring (bicyclic) bond motifs is 2. The number of phenols is 1. The van der Waals surface area contributed by atoms with Crippen molar-refractivity contribution in [2.75, 3.05) is 13.4 Å². The summed E-state index contributed by atoms with van der Waals surface area (Å²) in [5.41, 5.74) is 4.01. The van der Waals surface area contributed by atoms with Crippen LogP contribution in [0.2, 0.25) is 5.02 Å². The summed E-state index contributed by atoms with van der Waals surface area (Å²) in [6, 6.07) is 16.5. The number of aromatic amines is 1. The summed E-state index contributed by atoms with van der Waals surface area (Å²) in [5.74, 6) is 0.866. The first-order chi connectivity index (χ1) is 15.6. The van der Waals surface area contributed by atoms with Crippen LogP contribution in [0.3, 0.4) is 0 Å². The van der Waals surface area contributed by atoms with Gasteiger partial charge in [0.2, 0.25) is 6.79 Å². The maximum absolute atomic E-state index is 12.8. The molecule has 3 aromatic carbocycles. The molecule has 7 heteroatoms. The lowest BCUT2D eigenvalue weighted by Gasteiger charge is -2.12.